The van der Waals surface area contributed by atoms with Crippen molar-refractivity contribution in [2.24, 2.45) is 0 Å². The quantitative estimate of drug-likeness (QED) is 0.723. The number of hydrogen-bond donors (Lipinski definition) is 0. The second-order valence-corrected chi connectivity index (χ2v) is 7.02. The summed E-state index contributed by atoms with van der Waals surface area (Å²) >= 11 is 1.57. The standard InChI is InChI=1S/C20H23NO5S/c1-23-14-9-8-13(10-17(14)26-4)11-21-18(22)12-27-20(21)19-15(24-2)6-5-7-16(19)25-3/h5-10,20H,11-12H2,1-4H3. The maximum Gasteiger partial charge on any atom is 0.234 e. The van der Waals surface area contributed by atoms with Crippen LogP contribution in [-0.4, -0.2) is 45.0 Å². The number of carbonyl (C=O) groups excluding carboxylic acids is 1. The molecule has 1 heterocycles. The zero-order valence-electron chi connectivity index (χ0n) is 15.9. The molecule has 3 rings (SSSR count). The highest BCUT2D eigenvalue weighted by Gasteiger charge is 2.36. The van der Waals surface area contributed by atoms with Gasteiger partial charge in [-0.2, -0.15) is 0 Å². The Bertz CT molecular complexity index is 804. The lowest BCUT2D eigenvalue weighted by atomic mass is 10.1. The van der Waals surface area contributed by atoms with Gasteiger partial charge in [0.1, 0.15) is 16.9 Å². The Morgan fingerprint density at radius 1 is 0.926 bits per heavy atom. The summed E-state index contributed by atoms with van der Waals surface area (Å²) in [7, 11) is 6.44. The normalized spacial score (nSPS) is 16.4. The Balaban J connectivity index is 1.95. The maximum absolute atomic E-state index is 12.6. The number of rotatable bonds is 7. The molecule has 2 aromatic carbocycles. The van der Waals surface area contributed by atoms with Crippen LogP contribution < -0.4 is 18.9 Å². The monoisotopic (exact) mass is 389 g/mol. The highest BCUT2D eigenvalue weighted by atomic mass is 32.2. The highest BCUT2D eigenvalue weighted by molar-refractivity contribution is 8.00. The van der Waals surface area contributed by atoms with Gasteiger partial charge in [-0.15, -0.1) is 11.8 Å². The van der Waals surface area contributed by atoms with E-state index in [4.69, 9.17) is 18.9 Å². The number of carbonyl (C=O) groups is 1. The first kappa shape index (κ1) is 19.2. The van der Waals surface area contributed by atoms with Crippen LogP contribution in [0.4, 0.5) is 0 Å². The molecule has 2 aromatic rings. The van der Waals surface area contributed by atoms with Crippen molar-refractivity contribution < 1.29 is 23.7 Å². The average molecular weight is 389 g/mol. The number of benzene rings is 2. The fourth-order valence-electron chi connectivity index (χ4n) is 3.16. The molecule has 27 heavy (non-hydrogen) atoms. The Labute approximate surface area is 163 Å². The van der Waals surface area contributed by atoms with Gasteiger partial charge < -0.3 is 23.8 Å². The number of ether oxygens (including phenoxy) is 4. The summed E-state index contributed by atoms with van der Waals surface area (Å²) in [5.74, 6) is 3.21. The van der Waals surface area contributed by atoms with Crippen LogP contribution in [0.1, 0.15) is 16.5 Å². The van der Waals surface area contributed by atoms with Crippen molar-refractivity contribution in [3.05, 3.63) is 47.5 Å². The molecule has 0 aromatic heterocycles. The molecule has 1 aliphatic rings. The lowest BCUT2D eigenvalue weighted by molar-refractivity contribution is -0.128. The highest BCUT2D eigenvalue weighted by Crippen LogP contribution is 2.47. The van der Waals surface area contributed by atoms with Crippen molar-refractivity contribution in [3.8, 4) is 23.0 Å². The smallest absolute Gasteiger partial charge is 0.234 e. The minimum Gasteiger partial charge on any atom is -0.496 e. The van der Waals surface area contributed by atoms with Crippen molar-refractivity contribution in [3.63, 3.8) is 0 Å². The third-order valence-electron chi connectivity index (χ3n) is 4.48. The molecule has 0 spiro atoms. The van der Waals surface area contributed by atoms with E-state index in [1.54, 1.807) is 40.2 Å². The molecule has 144 valence electrons. The Morgan fingerprint density at radius 2 is 1.56 bits per heavy atom. The van der Waals surface area contributed by atoms with E-state index in [0.29, 0.717) is 35.3 Å². The van der Waals surface area contributed by atoms with Crippen molar-refractivity contribution in [2.45, 2.75) is 11.9 Å². The van der Waals surface area contributed by atoms with Gasteiger partial charge in [0.05, 0.1) is 39.8 Å². The summed E-state index contributed by atoms with van der Waals surface area (Å²) in [6, 6.07) is 11.3. The molecule has 1 aliphatic heterocycles. The Kier molecular flexibility index (Phi) is 6.01. The lowest BCUT2D eigenvalue weighted by Gasteiger charge is -2.27. The van der Waals surface area contributed by atoms with E-state index in [1.807, 2.05) is 41.3 Å². The molecule has 7 heteroatoms. The summed E-state index contributed by atoms with van der Waals surface area (Å²) in [6.45, 7) is 0.456. The largest absolute Gasteiger partial charge is 0.496 e. The molecule has 0 radical (unpaired) electrons. The van der Waals surface area contributed by atoms with Crippen LogP contribution in [0, 0.1) is 0 Å². The molecule has 6 nitrogen and oxygen atoms in total. The fourth-order valence-corrected chi connectivity index (χ4v) is 4.40. The van der Waals surface area contributed by atoms with E-state index in [1.165, 1.54) is 0 Å². The fraction of sp³-hybridized carbons (Fsp3) is 0.350. The zero-order chi connectivity index (χ0) is 19.4. The lowest BCUT2D eigenvalue weighted by Crippen LogP contribution is -2.28. The van der Waals surface area contributed by atoms with E-state index in [2.05, 4.69) is 0 Å². The predicted octanol–water partition coefficient (Wildman–Crippen LogP) is 3.50. The van der Waals surface area contributed by atoms with Crippen molar-refractivity contribution in [1.82, 2.24) is 4.90 Å². The summed E-state index contributed by atoms with van der Waals surface area (Å²) in [5.41, 5.74) is 1.83. The topological polar surface area (TPSA) is 57.2 Å². The van der Waals surface area contributed by atoms with Gasteiger partial charge in [0.2, 0.25) is 5.91 Å². The van der Waals surface area contributed by atoms with Gasteiger partial charge in [-0.05, 0) is 29.8 Å². The van der Waals surface area contributed by atoms with Gasteiger partial charge >= 0.3 is 0 Å². The third kappa shape index (κ3) is 3.78. The molecular weight excluding hydrogens is 366 g/mol. The van der Waals surface area contributed by atoms with Crippen LogP contribution >= 0.6 is 11.8 Å². The predicted molar refractivity (Wildman–Crippen MR) is 105 cm³/mol. The molecule has 1 atom stereocenters. The maximum atomic E-state index is 12.6. The van der Waals surface area contributed by atoms with Crippen LogP contribution in [0.15, 0.2) is 36.4 Å². The molecule has 1 amide bonds. The van der Waals surface area contributed by atoms with Crippen LogP contribution in [0.5, 0.6) is 23.0 Å². The molecule has 0 aliphatic carbocycles. The van der Waals surface area contributed by atoms with E-state index < -0.39 is 0 Å². The summed E-state index contributed by atoms with van der Waals surface area (Å²) in [6.07, 6.45) is 0. The molecule has 1 saturated heterocycles. The number of methoxy groups -OCH3 is 4. The third-order valence-corrected chi connectivity index (χ3v) is 5.70. The second-order valence-electron chi connectivity index (χ2n) is 5.95. The van der Waals surface area contributed by atoms with E-state index >= 15 is 0 Å². The number of nitrogens with zero attached hydrogens (tertiary/aromatic N) is 1. The average Bonchev–Trinajstić information content (AvgIpc) is 3.06. The van der Waals surface area contributed by atoms with Gasteiger partial charge in [0.25, 0.3) is 0 Å². The van der Waals surface area contributed by atoms with Gasteiger partial charge in [0, 0.05) is 6.54 Å². The Morgan fingerprint density at radius 3 is 2.15 bits per heavy atom. The minimum absolute atomic E-state index is 0.0766. The minimum atomic E-state index is -0.184. The van der Waals surface area contributed by atoms with Gasteiger partial charge in [-0.1, -0.05) is 12.1 Å². The van der Waals surface area contributed by atoms with Gasteiger partial charge in [-0.25, -0.2) is 0 Å². The number of amides is 1. The Hall–Kier alpha value is -2.54. The van der Waals surface area contributed by atoms with Crippen LogP contribution in [-0.2, 0) is 11.3 Å². The first-order chi connectivity index (χ1) is 13.1. The molecule has 0 bridgehead atoms. The van der Waals surface area contributed by atoms with Crippen LogP contribution in [0.2, 0.25) is 0 Å². The molecule has 0 saturated carbocycles. The first-order valence-electron chi connectivity index (χ1n) is 8.45. The molecule has 1 unspecified atom stereocenters. The van der Waals surface area contributed by atoms with Gasteiger partial charge in [-0.3, -0.25) is 4.79 Å². The van der Waals surface area contributed by atoms with E-state index in [-0.39, 0.29) is 11.3 Å². The SMILES string of the molecule is COc1ccc(CN2C(=O)CSC2c2c(OC)cccc2OC)cc1OC. The van der Waals surface area contributed by atoms with Crippen LogP contribution in [0.25, 0.3) is 0 Å². The van der Waals surface area contributed by atoms with Crippen molar-refractivity contribution in [2.75, 3.05) is 34.2 Å². The summed E-state index contributed by atoms with van der Waals surface area (Å²) in [4.78, 5) is 14.4. The first-order valence-corrected chi connectivity index (χ1v) is 9.50. The van der Waals surface area contributed by atoms with E-state index in [9.17, 15) is 4.79 Å². The summed E-state index contributed by atoms with van der Waals surface area (Å²) < 4.78 is 21.7. The van der Waals surface area contributed by atoms with Crippen molar-refractivity contribution in [1.29, 1.82) is 0 Å². The number of thioether (sulfide) groups is 1. The zero-order valence-corrected chi connectivity index (χ0v) is 16.7. The second kappa shape index (κ2) is 8.43. The number of hydrogen-bond acceptors (Lipinski definition) is 6. The van der Waals surface area contributed by atoms with Crippen LogP contribution in [0.3, 0.4) is 0 Å². The van der Waals surface area contributed by atoms with Crippen molar-refractivity contribution >= 4 is 17.7 Å². The van der Waals surface area contributed by atoms with E-state index in [0.717, 1.165) is 11.1 Å². The van der Waals surface area contributed by atoms with Gasteiger partial charge in [0.15, 0.2) is 11.5 Å². The molecule has 1 fully saturated rings. The molecule has 0 N–H and O–H groups in total. The summed E-state index contributed by atoms with van der Waals surface area (Å²) in [5, 5.41) is -0.184. The molecular formula is C20H23NO5S.